The molecule has 2 aromatic carbocycles. The average Bonchev–Trinajstić information content (AvgIpc) is 3.28. The number of aromatic nitrogens is 2. The van der Waals surface area contributed by atoms with E-state index in [1.54, 1.807) is 7.05 Å². The van der Waals surface area contributed by atoms with E-state index in [0.29, 0.717) is 38.0 Å². The summed E-state index contributed by atoms with van der Waals surface area (Å²) in [5.74, 6) is 0.211. The van der Waals surface area contributed by atoms with Gasteiger partial charge in [0.2, 0.25) is 0 Å². The predicted molar refractivity (Wildman–Crippen MR) is 144 cm³/mol. The summed E-state index contributed by atoms with van der Waals surface area (Å²) in [6.07, 6.45) is 1.59. The van der Waals surface area contributed by atoms with Gasteiger partial charge in [0.1, 0.15) is 11.1 Å². The highest BCUT2D eigenvalue weighted by molar-refractivity contribution is 6.07. The zero-order valence-corrected chi connectivity index (χ0v) is 21.4. The minimum atomic E-state index is -0.707. The number of hydrogen-bond acceptors (Lipinski definition) is 7. The summed E-state index contributed by atoms with van der Waals surface area (Å²) in [5.41, 5.74) is 10.6. The number of hydrogen-bond donors (Lipinski definition) is 1. The van der Waals surface area contributed by atoms with E-state index in [2.05, 4.69) is 9.80 Å². The molecule has 4 heterocycles. The van der Waals surface area contributed by atoms with Crippen molar-refractivity contribution in [2.75, 3.05) is 43.2 Å². The third-order valence-corrected chi connectivity index (χ3v) is 7.90. The van der Waals surface area contributed by atoms with Crippen molar-refractivity contribution < 1.29 is 13.9 Å². The van der Waals surface area contributed by atoms with Crippen molar-refractivity contribution in [3.05, 3.63) is 63.8 Å². The molecule has 0 unspecified atom stereocenters. The highest BCUT2D eigenvalue weighted by Crippen LogP contribution is 2.37. The first-order valence-corrected chi connectivity index (χ1v) is 12.7. The molecule has 0 spiro atoms. The molecular formula is C28H31N5O4. The maximum absolute atomic E-state index is 13.4. The molecule has 2 aliphatic rings. The number of oxazole rings is 1. The lowest BCUT2D eigenvalue weighted by molar-refractivity contribution is 0.0101. The molecule has 2 fully saturated rings. The van der Waals surface area contributed by atoms with Crippen LogP contribution in [0.3, 0.4) is 0 Å². The SMILES string of the molecule is Cc1ccc2oc(C3CCN(c4c(C(N)=O)c(=O)n(C)c5cc(N(C)C6COC6)ccc45)CC3)nc2c1. The van der Waals surface area contributed by atoms with Crippen LogP contribution in [0.4, 0.5) is 11.4 Å². The van der Waals surface area contributed by atoms with Gasteiger partial charge in [-0.3, -0.25) is 9.59 Å². The molecule has 2 saturated heterocycles. The maximum atomic E-state index is 13.4. The van der Waals surface area contributed by atoms with E-state index < -0.39 is 5.91 Å². The molecule has 9 nitrogen and oxygen atoms in total. The number of nitrogens with two attached hydrogens (primary N) is 1. The summed E-state index contributed by atoms with van der Waals surface area (Å²) in [5, 5.41) is 0.841. The number of anilines is 2. The highest BCUT2D eigenvalue weighted by atomic mass is 16.5. The van der Waals surface area contributed by atoms with Gasteiger partial charge >= 0.3 is 0 Å². The molecule has 0 saturated carbocycles. The Morgan fingerprint density at radius 2 is 1.89 bits per heavy atom. The standard InChI is InChI=1S/C28H31N5O4/c1-16-4-7-23-21(12-16)30-27(37-23)17-8-10-33(11-9-17)25-20-6-5-18(31(2)19-14-36-15-19)13-22(20)32(3)28(35)24(25)26(29)34/h4-7,12-13,17,19H,8-11,14-15H2,1-3H3,(H2,29,34). The summed E-state index contributed by atoms with van der Waals surface area (Å²) >= 11 is 0. The Morgan fingerprint density at radius 1 is 1.14 bits per heavy atom. The molecule has 2 N–H and O–H groups in total. The number of pyridine rings is 1. The number of rotatable bonds is 5. The molecule has 37 heavy (non-hydrogen) atoms. The lowest BCUT2D eigenvalue weighted by Gasteiger charge is -2.37. The fraction of sp³-hybridized carbons (Fsp3) is 0.393. The Labute approximate surface area is 214 Å². The topological polar surface area (TPSA) is 107 Å². The monoisotopic (exact) mass is 501 g/mol. The number of benzene rings is 2. The second-order valence-electron chi connectivity index (χ2n) is 10.2. The largest absolute Gasteiger partial charge is 0.440 e. The maximum Gasteiger partial charge on any atom is 0.265 e. The summed E-state index contributed by atoms with van der Waals surface area (Å²) in [6.45, 7) is 4.74. The van der Waals surface area contributed by atoms with Crippen molar-refractivity contribution in [3.8, 4) is 0 Å². The Morgan fingerprint density at radius 3 is 2.57 bits per heavy atom. The van der Waals surface area contributed by atoms with Gasteiger partial charge in [0.25, 0.3) is 11.5 Å². The molecule has 6 rings (SSSR count). The number of aryl methyl sites for hydroxylation is 2. The minimum absolute atomic E-state index is 0.0410. The van der Waals surface area contributed by atoms with Crippen LogP contribution in [0.25, 0.3) is 22.0 Å². The summed E-state index contributed by atoms with van der Waals surface area (Å²) < 4.78 is 12.9. The number of piperidine rings is 1. The molecule has 2 aromatic heterocycles. The van der Waals surface area contributed by atoms with Crippen molar-refractivity contribution in [2.45, 2.75) is 31.7 Å². The van der Waals surface area contributed by atoms with Gasteiger partial charge in [-0.1, -0.05) is 6.07 Å². The Kier molecular flexibility index (Phi) is 5.67. The number of amides is 1. The summed E-state index contributed by atoms with van der Waals surface area (Å²) in [6, 6.07) is 12.4. The summed E-state index contributed by atoms with van der Waals surface area (Å²) in [4.78, 5) is 34.9. The number of primary amides is 1. The predicted octanol–water partition coefficient (Wildman–Crippen LogP) is 3.31. The van der Waals surface area contributed by atoms with E-state index in [4.69, 9.17) is 19.9 Å². The first-order valence-electron chi connectivity index (χ1n) is 12.7. The Bertz CT molecular complexity index is 1580. The zero-order valence-electron chi connectivity index (χ0n) is 21.4. The number of carbonyl (C=O) groups is 1. The van der Waals surface area contributed by atoms with Crippen LogP contribution in [0.5, 0.6) is 0 Å². The first-order chi connectivity index (χ1) is 17.8. The smallest absolute Gasteiger partial charge is 0.265 e. The van der Waals surface area contributed by atoms with E-state index in [9.17, 15) is 9.59 Å². The average molecular weight is 502 g/mol. The van der Waals surface area contributed by atoms with E-state index in [0.717, 1.165) is 52.0 Å². The molecule has 9 heteroatoms. The molecule has 0 aliphatic carbocycles. The summed E-state index contributed by atoms with van der Waals surface area (Å²) in [7, 11) is 3.72. The molecule has 0 bridgehead atoms. The van der Waals surface area contributed by atoms with Crippen molar-refractivity contribution in [1.29, 1.82) is 0 Å². The highest BCUT2D eigenvalue weighted by Gasteiger charge is 2.30. The van der Waals surface area contributed by atoms with Crippen molar-refractivity contribution >= 4 is 39.3 Å². The molecule has 0 radical (unpaired) electrons. The Hall–Kier alpha value is -3.85. The van der Waals surface area contributed by atoms with Gasteiger partial charge in [-0.05, 0) is 55.7 Å². The minimum Gasteiger partial charge on any atom is -0.440 e. The van der Waals surface area contributed by atoms with E-state index >= 15 is 0 Å². The third-order valence-electron chi connectivity index (χ3n) is 7.90. The van der Waals surface area contributed by atoms with Crippen LogP contribution in [-0.4, -0.2) is 54.9 Å². The molecule has 1 amide bonds. The first kappa shape index (κ1) is 23.5. The number of ether oxygens (including phenoxy) is 1. The fourth-order valence-corrected chi connectivity index (χ4v) is 5.52. The normalized spacial score (nSPS) is 16.9. The van der Waals surface area contributed by atoms with Crippen molar-refractivity contribution in [1.82, 2.24) is 9.55 Å². The number of fused-ring (bicyclic) bond motifs is 2. The van der Waals surface area contributed by atoms with Gasteiger partial charge in [0, 0.05) is 44.2 Å². The van der Waals surface area contributed by atoms with Gasteiger partial charge in [-0.15, -0.1) is 0 Å². The van der Waals surface area contributed by atoms with Gasteiger partial charge in [0.05, 0.1) is 30.5 Å². The lowest BCUT2D eigenvalue weighted by Crippen LogP contribution is -2.47. The van der Waals surface area contributed by atoms with Crippen LogP contribution in [0.15, 0.2) is 45.6 Å². The van der Waals surface area contributed by atoms with Crippen molar-refractivity contribution in [3.63, 3.8) is 0 Å². The van der Waals surface area contributed by atoms with E-state index in [-0.39, 0.29) is 17.0 Å². The van der Waals surface area contributed by atoms with Crippen LogP contribution >= 0.6 is 0 Å². The quantitative estimate of drug-likeness (QED) is 0.447. The number of carbonyl (C=O) groups excluding carboxylic acids is 1. The molecule has 4 aromatic rings. The lowest BCUT2D eigenvalue weighted by atomic mass is 9.95. The zero-order chi connectivity index (χ0) is 25.8. The van der Waals surface area contributed by atoms with Crippen LogP contribution in [0.2, 0.25) is 0 Å². The number of likely N-dealkylation sites (N-methyl/N-ethyl adjacent to an activating group) is 1. The van der Waals surface area contributed by atoms with Crippen LogP contribution < -0.4 is 21.1 Å². The van der Waals surface area contributed by atoms with Crippen molar-refractivity contribution in [2.24, 2.45) is 12.8 Å². The Balaban J connectivity index is 1.35. The third kappa shape index (κ3) is 3.94. The van der Waals surface area contributed by atoms with Gasteiger partial charge in [0.15, 0.2) is 11.5 Å². The molecule has 192 valence electrons. The van der Waals surface area contributed by atoms with Gasteiger partial charge in [-0.2, -0.15) is 0 Å². The second-order valence-corrected chi connectivity index (χ2v) is 10.2. The van der Waals surface area contributed by atoms with Gasteiger partial charge < -0.3 is 29.3 Å². The van der Waals surface area contributed by atoms with E-state index in [1.807, 2.05) is 50.4 Å². The molecule has 2 aliphatic heterocycles. The van der Waals surface area contributed by atoms with Crippen LogP contribution in [-0.2, 0) is 11.8 Å². The van der Waals surface area contributed by atoms with E-state index in [1.165, 1.54) is 4.57 Å². The molecule has 0 atom stereocenters. The van der Waals surface area contributed by atoms with Gasteiger partial charge in [-0.25, -0.2) is 4.98 Å². The molecular weight excluding hydrogens is 470 g/mol. The fourth-order valence-electron chi connectivity index (χ4n) is 5.52. The van der Waals surface area contributed by atoms with Crippen LogP contribution in [0, 0.1) is 6.92 Å². The van der Waals surface area contributed by atoms with Crippen LogP contribution in [0.1, 0.15) is 40.6 Å². The second kappa shape index (κ2) is 8.92. The number of nitrogens with zero attached hydrogens (tertiary/aromatic N) is 4.